The topological polar surface area (TPSA) is 32.3 Å². The first-order valence-corrected chi connectivity index (χ1v) is 5.93. The number of hydrogen-bond acceptors (Lipinski definition) is 2. The quantitative estimate of drug-likeness (QED) is 0.837. The van der Waals surface area contributed by atoms with Crippen LogP contribution in [0.1, 0.15) is 18.4 Å². The number of benzene rings is 1. The van der Waals surface area contributed by atoms with Crippen LogP contribution in [0.2, 0.25) is 5.02 Å². The summed E-state index contributed by atoms with van der Waals surface area (Å²) in [4.78, 5) is 0. The van der Waals surface area contributed by atoms with Crippen LogP contribution >= 0.6 is 11.6 Å². The van der Waals surface area contributed by atoms with Gasteiger partial charge in [-0.2, -0.15) is 0 Å². The third-order valence-electron chi connectivity index (χ3n) is 3.12. The summed E-state index contributed by atoms with van der Waals surface area (Å²) < 4.78 is 13.7. The third-order valence-corrected chi connectivity index (χ3v) is 3.41. The van der Waals surface area contributed by atoms with Gasteiger partial charge in [-0.05, 0) is 50.4 Å². The highest BCUT2D eigenvalue weighted by Gasteiger charge is 2.19. The number of halogens is 2. The molecule has 1 aromatic carbocycles. The van der Waals surface area contributed by atoms with Crippen LogP contribution in [-0.4, -0.2) is 18.2 Å². The summed E-state index contributed by atoms with van der Waals surface area (Å²) in [6.45, 7) is 1.93. The van der Waals surface area contributed by atoms with Crippen LogP contribution < -0.4 is 5.32 Å². The third kappa shape index (κ3) is 2.47. The standard InChI is InChI=1S/C12H15ClFNO/c13-10-1-2-11(16)9(12(10)14)7-8-3-5-15-6-4-8/h1-2,8,15-16H,3-7H2. The van der Waals surface area contributed by atoms with Crippen LogP contribution in [0.15, 0.2) is 12.1 Å². The number of phenols is 1. The van der Waals surface area contributed by atoms with Gasteiger partial charge >= 0.3 is 0 Å². The second kappa shape index (κ2) is 5.02. The molecule has 2 nitrogen and oxygen atoms in total. The summed E-state index contributed by atoms with van der Waals surface area (Å²) in [5.41, 5.74) is 0.361. The highest BCUT2D eigenvalue weighted by molar-refractivity contribution is 6.30. The molecule has 0 saturated carbocycles. The zero-order chi connectivity index (χ0) is 11.5. The predicted octanol–water partition coefficient (Wildman–Crippen LogP) is 2.73. The van der Waals surface area contributed by atoms with Crippen LogP contribution in [0.4, 0.5) is 4.39 Å². The maximum atomic E-state index is 13.7. The molecule has 16 heavy (non-hydrogen) atoms. The molecule has 1 aliphatic heterocycles. The number of piperidine rings is 1. The second-order valence-corrected chi connectivity index (χ2v) is 4.66. The molecule has 0 unspecified atom stereocenters. The van der Waals surface area contributed by atoms with Crippen molar-refractivity contribution in [2.24, 2.45) is 5.92 Å². The van der Waals surface area contributed by atoms with E-state index in [1.165, 1.54) is 12.1 Å². The lowest BCUT2D eigenvalue weighted by Crippen LogP contribution is -2.28. The summed E-state index contributed by atoms with van der Waals surface area (Å²) in [6, 6.07) is 2.85. The van der Waals surface area contributed by atoms with Crippen molar-refractivity contribution in [2.75, 3.05) is 13.1 Å². The van der Waals surface area contributed by atoms with E-state index in [1.54, 1.807) is 0 Å². The molecule has 2 rings (SSSR count). The molecule has 0 atom stereocenters. The highest BCUT2D eigenvalue weighted by Crippen LogP contribution is 2.30. The monoisotopic (exact) mass is 243 g/mol. The largest absolute Gasteiger partial charge is 0.508 e. The Morgan fingerprint density at radius 3 is 2.75 bits per heavy atom. The lowest BCUT2D eigenvalue weighted by Gasteiger charge is -2.23. The van der Waals surface area contributed by atoms with Gasteiger partial charge in [-0.3, -0.25) is 0 Å². The Balaban J connectivity index is 2.16. The van der Waals surface area contributed by atoms with E-state index in [-0.39, 0.29) is 10.8 Å². The number of aromatic hydroxyl groups is 1. The molecule has 1 saturated heterocycles. The lowest BCUT2D eigenvalue weighted by molar-refractivity contribution is 0.361. The van der Waals surface area contributed by atoms with Gasteiger partial charge in [-0.15, -0.1) is 0 Å². The van der Waals surface area contributed by atoms with Gasteiger partial charge < -0.3 is 10.4 Å². The fourth-order valence-electron chi connectivity index (χ4n) is 2.15. The Morgan fingerprint density at radius 1 is 1.38 bits per heavy atom. The van der Waals surface area contributed by atoms with Crippen molar-refractivity contribution in [3.8, 4) is 5.75 Å². The molecule has 1 aromatic rings. The van der Waals surface area contributed by atoms with E-state index in [0.717, 1.165) is 25.9 Å². The summed E-state index contributed by atoms with van der Waals surface area (Å²) in [5.74, 6) is -0.0271. The van der Waals surface area contributed by atoms with Crippen LogP contribution in [0, 0.1) is 11.7 Å². The summed E-state index contributed by atoms with van der Waals surface area (Å²) in [6.07, 6.45) is 2.61. The van der Waals surface area contributed by atoms with Crippen molar-refractivity contribution >= 4 is 11.6 Å². The molecule has 0 radical (unpaired) electrons. The molecule has 2 N–H and O–H groups in total. The Hall–Kier alpha value is -0.800. The maximum Gasteiger partial charge on any atom is 0.148 e. The number of hydrogen-bond donors (Lipinski definition) is 2. The van der Waals surface area contributed by atoms with Gasteiger partial charge in [-0.1, -0.05) is 11.6 Å². The van der Waals surface area contributed by atoms with Crippen molar-refractivity contribution in [3.05, 3.63) is 28.5 Å². The normalized spacial score (nSPS) is 17.6. The predicted molar refractivity (Wildman–Crippen MR) is 62.4 cm³/mol. The molecule has 88 valence electrons. The van der Waals surface area contributed by atoms with Gasteiger partial charge in [0.15, 0.2) is 0 Å². The zero-order valence-electron chi connectivity index (χ0n) is 8.97. The van der Waals surface area contributed by atoms with Gasteiger partial charge in [0.2, 0.25) is 0 Å². The summed E-state index contributed by atoms with van der Waals surface area (Å²) in [5, 5.41) is 13.0. The minimum atomic E-state index is -0.472. The Morgan fingerprint density at radius 2 is 2.06 bits per heavy atom. The molecule has 0 aromatic heterocycles. The number of rotatable bonds is 2. The first kappa shape index (κ1) is 11.7. The van der Waals surface area contributed by atoms with Crippen LogP contribution in [0.5, 0.6) is 5.75 Å². The molecule has 0 amide bonds. The molecule has 1 aliphatic rings. The molecule has 0 spiro atoms. The second-order valence-electron chi connectivity index (χ2n) is 4.26. The summed E-state index contributed by atoms with van der Waals surface area (Å²) in [7, 11) is 0. The Kier molecular flexibility index (Phi) is 3.66. The van der Waals surface area contributed by atoms with Gasteiger partial charge in [0.05, 0.1) is 5.02 Å². The molecule has 0 aliphatic carbocycles. The minimum Gasteiger partial charge on any atom is -0.508 e. The van der Waals surface area contributed by atoms with Crippen molar-refractivity contribution in [1.29, 1.82) is 0 Å². The highest BCUT2D eigenvalue weighted by atomic mass is 35.5. The van der Waals surface area contributed by atoms with Gasteiger partial charge in [0.25, 0.3) is 0 Å². The van der Waals surface area contributed by atoms with Crippen LogP contribution in [0.25, 0.3) is 0 Å². The van der Waals surface area contributed by atoms with Crippen LogP contribution in [-0.2, 0) is 6.42 Å². The molecular formula is C12H15ClFNO. The molecule has 1 heterocycles. The van der Waals surface area contributed by atoms with E-state index >= 15 is 0 Å². The van der Waals surface area contributed by atoms with E-state index in [0.29, 0.717) is 17.9 Å². The Labute approximate surface area is 99.4 Å². The van der Waals surface area contributed by atoms with E-state index in [9.17, 15) is 9.50 Å². The first-order valence-electron chi connectivity index (χ1n) is 5.55. The fourth-order valence-corrected chi connectivity index (χ4v) is 2.33. The number of nitrogens with one attached hydrogen (secondary N) is 1. The molecule has 0 bridgehead atoms. The van der Waals surface area contributed by atoms with Gasteiger partial charge in [0, 0.05) is 5.56 Å². The number of phenolic OH excluding ortho intramolecular Hbond substituents is 1. The van der Waals surface area contributed by atoms with Crippen molar-refractivity contribution in [1.82, 2.24) is 5.32 Å². The average molecular weight is 244 g/mol. The summed E-state index contributed by atoms with van der Waals surface area (Å²) >= 11 is 5.71. The fraction of sp³-hybridized carbons (Fsp3) is 0.500. The molecule has 4 heteroatoms. The lowest BCUT2D eigenvalue weighted by atomic mass is 9.90. The minimum absolute atomic E-state index is 0.0143. The van der Waals surface area contributed by atoms with Crippen molar-refractivity contribution < 1.29 is 9.50 Å². The maximum absolute atomic E-state index is 13.7. The average Bonchev–Trinajstić information content (AvgIpc) is 2.31. The van der Waals surface area contributed by atoms with Gasteiger partial charge in [-0.25, -0.2) is 4.39 Å². The van der Waals surface area contributed by atoms with Crippen molar-refractivity contribution in [2.45, 2.75) is 19.3 Å². The van der Waals surface area contributed by atoms with E-state index in [2.05, 4.69) is 5.32 Å². The molecule has 1 fully saturated rings. The molecular weight excluding hydrogens is 229 g/mol. The van der Waals surface area contributed by atoms with E-state index < -0.39 is 5.82 Å². The zero-order valence-corrected chi connectivity index (χ0v) is 9.73. The first-order chi connectivity index (χ1) is 7.68. The van der Waals surface area contributed by atoms with Crippen LogP contribution in [0.3, 0.4) is 0 Å². The van der Waals surface area contributed by atoms with Gasteiger partial charge in [0.1, 0.15) is 11.6 Å². The Bertz CT molecular complexity index is 378. The smallest absolute Gasteiger partial charge is 0.148 e. The van der Waals surface area contributed by atoms with E-state index in [4.69, 9.17) is 11.6 Å². The SMILES string of the molecule is Oc1ccc(Cl)c(F)c1CC1CCNCC1. The van der Waals surface area contributed by atoms with E-state index in [1.807, 2.05) is 0 Å². The van der Waals surface area contributed by atoms with Crippen molar-refractivity contribution in [3.63, 3.8) is 0 Å².